The molecule has 0 saturated carbocycles. The molecule has 0 aliphatic rings. The molecule has 0 aromatic heterocycles. The van der Waals surface area contributed by atoms with Gasteiger partial charge in [0.2, 0.25) is 0 Å². The summed E-state index contributed by atoms with van der Waals surface area (Å²) in [6, 6.07) is 5.18. The van der Waals surface area contributed by atoms with Crippen molar-refractivity contribution >= 4 is 27.5 Å². The number of methoxy groups -OCH3 is 2. The molecule has 0 radical (unpaired) electrons. The summed E-state index contributed by atoms with van der Waals surface area (Å²) in [7, 11) is 3.21. The van der Waals surface area contributed by atoms with Crippen molar-refractivity contribution < 1.29 is 14.3 Å². The van der Waals surface area contributed by atoms with Crippen molar-refractivity contribution in [3.05, 3.63) is 28.2 Å². The Morgan fingerprint density at radius 1 is 1.26 bits per heavy atom. The van der Waals surface area contributed by atoms with Crippen LogP contribution in [-0.4, -0.2) is 51.3 Å². The van der Waals surface area contributed by atoms with Gasteiger partial charge in [-0.1, -0.05) is 0 Å². The third kappa shape index (κ3) is 4.81. The predicted molar refractivity (Wildman–Crippen MR) is 78.2 cm³/mol. The quantitative estimate of drug-likeness (QED) is 0.774. The molecule has 1 amide bonds. The Hall–Kier alpha value is -1.11. The fourth-order valence-corrected chi connectivity index (χ4v) is 2.01. The highest BCUT2D eigenvalue weighted by molar-refractivity contribution is 9.10. The molecule has 5 nitrogen and oxygen atoms in total. The molecule has 0 aliphatic carbocycles. The van der Waals surface area contributed by atoms with E-state index < -0.39 is 0 Å². The number of hydrogen-bond acceptors (Lipinski definition) is 4. The first-order valence-corrected chi connectivity index (χ1v) is 6.71. The zero-order valence-electron chi connectivity index (χ0n) is 11.2. The van der Waals surface area contributed by atoms with Gasteiger partial charge in [-0.05, 0) is 34.1 Å². The highest BCUT2D eigenvalue weighted by atomic mass is 79.9. The molecule has 0 saturated heterocycles. The molecule has 6 heteroatoms. The Kier molecular flexibility index (Phi) is 6.83. The van der Waals surface area contributed by atoms with Crippen LogP contribution in [0.5, 0.6) is 0 Å². The molecule has 0 atom stereocenters. The van der Waals surface area contributed by atoms with Gasteiger partial charge in [-0.3, -0.25) is 4.79 Å². The molecule has 0 aliphatic heterocycles. The SMILES string of the molecule is COCCN(CCOC)C(=O)c1cc(N)ccc1Br. The lowest BCUT2D eigenvalue weighted by atomic mass is 10.1. The third-order valence-corrected chi connectivity index (χ3v) is 3.33. The molecule has 0 spiro atoms. The minimum atomic E-state index is -0.0896. The van der Waals surface area contributed by atoms with Gasteiger partial charge in [-0.15, -0.1) is 0 Å². The molecule has 106 valence electrons. The minimum absolute atomic E-state index is 0.0896. The average Bonchev–Trinajstić information content (AvgIpc) is 2.41. The van der Waals surface area contributed by atoms with Crippen LogP contribution in [0, 0.1) is 0 Å². The Bertz CT molecular complexity index is 418. The van der Waals surface area contributed by atoms with Crippen LogP contribution in [-0.2, 0) is 9.47 Å². The number of benzene rings is 1. The van der Waals surface area contributed by atoms with E-state index in [1.807, 2.05) is 0 Å². The van der Waals surface area contributed by atoms with E-state index in [4.69, 9.17) is 15.2 Å². The highest BCUT2D eigenvalue weighted by Crippen LogP contribution is 2.21. The fourth-order valence-electron chi connectivity index (χ4n) is 1.59. The van der Waals surface area contributed by atoms with Crippen LogP contribution in [0.15, 0.2) is 22.7 Å². The van der Waals surface area contributed by atoms with E-state index in [0.29, 0.717) is 37.6 Å². The first kappa shape index (κ1) is 15.9. The number of amides is 1. The number of nitrogens with zero attached hydrogens (tertiary/aromatic N) is 1. The Morgan fingerprint density at radius 2 is 1.84 bits per heavy atom. The van der Waals surface area contributed by atoms with E-state index >= 15 is 0 Å². The molecule has 0 heterocycles. The van der Waals surface area contributed by atoms with Crippen LogP contribution in [0.2, 0.25) is 0 Å². The minimum Gasteiger partial charge on any atom is -0.399 e. The maximum absolute atomic E-state index is 12.5. The zero-order chi connectivity index (χ0) is 14.3. The van der Waals surface area contributed by atoms with Crippen LogP contribution in [0.3, 0.4) is 0 Å². The number of carbonyl (C=O) groups is 1. The fraction of sp³-hybridized carbons (Fsp3) is 0.462. The van der Waals surface area contributed by atoms with Crippen molar-refractivity contribution in [1.29, 1.82) is 0 Å². The molecule has 19 heavy (non-hydrogen) atoms. The van der Waals surface area contributed by atoms with Crippen molar-refractivity contribution in [2.45, 2.75) is 0 Å². The van der Waals surface area contributed by atoms with Crippen LogP contribution in [0.25, 0.3) is 0 Å². The lowest BCUT2D eigenvalue weighted by molar-refractivity contribution is 0.0626. The molecular weight excluding hydrogens is 312 g/mol. The number of ether oxygens (including phenoxy) is 2. The Labute approximate surface area is 121 Å². The lowest BCUT2D eigenvalue weighted by Crippen LogP contribution is -2.36. The van der Waals surface area contributed by atoms with Gasteiger partial charge >= 0.3 is 0 Å². The van der Waals surface area contributed by atoms with E-state index in [0.717, 1.165) is 4.47 Å². The zero-order valence-corrected chi connectivity index (χ0v) is 12.8. The van der Waals surface area contributed by atoms with Crippen LogP contribution in [0.1, 0.15) is 10.4 Å². The van der Waals surface area contributed by atoms with E-state index in [2.05, 4.69) is 15.9 Å². The molecule has 0 unspecified atom stereocenters. The molecule has 1 aromatic carbocycles. The van der Waals surface area contributed by atoms with Gasteiger partial charge in [0.15, 0.2) is 0 Å². The van der Waals surface area contributed by atoms with Crippen LogP contribution in [0.4, 0.5) is 5.69 Å². The monoisotopic (exact) mass is 330 g/mol. The van der Waals surface area contributed by atoms with Gasteiger partial charge in [0, 0.05) is 37.5 Å². The number of anilines is 1. The van der Waals surface area contributed by atoms with Gasteiger partial charge in [0.1, 0.15) is 0 Å². The van der Waals surface area contributed by atoms with Crippen molar-refractivity contribution in [3.8, 4) is 0 Å². The molecule has 0 fully saturated rings. The van der Waals surface area contributed by atoms with E-state index in [9.17, 15) is 4.79 Å². The van der Waals surface area contributed by atoms with Crippen LogP contribution < -0.4 is 5.73 Å². The molecule has 1 rings (SSSR count). The van der Waals surface area contributed by atoms with E-state index in [1.54, 1.807) is 37.3 Å². The highest BCUT2D eigenvalue weighted by Gasteiger charge is 2.18. The van der Waals surface area contributed by atoms with Crippen molar-refractivity contribution in [3.63, 3.8) is 0 Å². The van der Waals surface area contributed by atoms with Gasteiger partial charge in [0.05, 0.1) is 18.8 Å². The summed E-state index contributed by atoms with van der Waals surface area (Å²) in [5, 5.41) is 0. The van der Waals surface area contributed by atoms with E-state index in [1.165, 1.54) is 0 Å². The maximum Gasteiger partial charge on any atom is 0.255 e. The van der Waals surface area contributed by atoms with Crippen molar-refractivity contribution in [1.82, 2.24) is 4.90 Å². The second-order valence-electron chi connectivity index (χ2n) is 4.02. The largest absolute Gasteiger partial charge is 0.399 e. The summed E-state index contributed by atoms with van der Waals surface area (Å²) in [5.74, 6) is -0.0896. The smallest absolute Gasteiger partial charge is 0.255 e. The van der Waals surface area contributed by atoms with Gasteiger partial charge < -0.3 is 20.1 Å². The molecule has 2 N–H and O–H groups in total. The average molecular weight is 331 g/mol. The number of nitrogen functional groups attached to an aromatic ring is 1. The topological polar surface area (TPSA) is 64.8 Å². The van der Waals surface area contributed by atoms with Gasteiger partial charge in [0.25, 0.3) is 5.91 Å². The second kappa shape index (κ2) is 8.14. The summed E-state index contributed by atoms with van der Waals surface area (Å²) in [6.07, 6.45) is 0. The maximum atomic E-state index is 12.5. The van der Waals surface area contributed by atoms with Gasteiger partial charge in [-0.25, -0.2) is 0 Å². The van der Waals surface area contributed by atoms with Crippen molar-refractivity contribution in [2.75, 3.05) is 46.3 Å². The number of nitrogens with two attached hydrogens (primary N) is 1. The normalized spacial score (nSPS) is 10.5. The molecule has 0 bridgehead atoms. The third-order valence-electron chi connectivity index (χ3n) is 2.64. The summed E-state index contributed by atoms with van der Waals surface area (Å²) < 4.78 is 10.8. The van der Waals surface area contributed by atoms with Crippen molar-refractivity contribution in [2.24, 2.45) is 0 Å². The first-order chi connectivity index (χ1) is 9.10. The van der Waals surface area contributed by atoms with Gasteiger partial charge in [-0.2, -0.15) is 0 Å². The standard InChI is InChI=1S/C13H19BrN2O3/c1-18-7-5-16(6-8-19-2)13(17)11-9-10(15)3-4-12(11)14/h3-4,9H,5-8,15H2,1-2H3. The Balaban J connectivity index is 2.87. The predicted octanol–water partition coefficient (Wildman–Crippen LogP) is 1.77. The summed E-state index contributed by atoms with van der Waals surface area (Å²) in [6.45, 7) is 1.99. The molecule has 1 aromatic rings. The number of hydrogen-bond donors (Lipinski definition) is 1. The molecular formula is C13H19BrN2O3. The lowest BCUT2D eigenvalue weighted by Gasteiger charge is -2.22. The first-order valence-electron chi connectivity index (χ1n) is 5.92. The Morgan fingerprint density at radius 3 is 2.37 bits per heavy atom. The van der Waals surface area contributed by atoms with Crippen LogP contribution >= 0.6 is 15.9 Å². The number of carbonyl (C=O) groups excluding carboxylic acids is 1. The summed E-state index contributed by atoms with van der Waals surface area (Å²) >= 11 is 3.37. The number of halogens is 1. The van der Waals surface area contributed by atoms with E-state index in [-0.39, 0.29) is 5.91 Å². The number of rotatable bonds is 7. The summed E-state index contributed by atoms with van der Waals surface area (Å²) in [4.78, 5) is 14.1. The second-order valence-corrected chi connectivity index (χ2v) is 4.87. The summed E-state index contributed by atoms with van der Waals surface area (Å²) in [5.41, 5.74) is 6.83.